The SMILES string of the molecule is N#Cc1cc(NC(=O)C2CC(=O)N(c3cc(F)cc(F)c3)C2)ccc1OCC(F)(F)F. The highest BCUT2D eigenvalue weighted by atomic mass is 19.4. The molecule has 0 bridgehead atoms. The average Bonchev–Trinajstić information content (AvgIpc) is 3.07. The van der Waals surface area contributed by atoms with Crippen LogP contribution in [0, 0.1) is 28.9 Å². The molecule has 2 amide bonds. The molecule has 0 saturated carbocycles. The number of hydrogen-bond donors (Lipinski definition) is 1. The predicted molar refractivity (Wildman–Crippen MR) is 98.2 cm³/mol. The molecule has 1 fully saturated rings. The first-order valence-electron chi connectivity index (χ1n) is 8.87. The van der Waals surface area contributed by atoms with Crippen LogP contribution in [0.25, 0.3) is 0 Å². The lowest BCUT2D eigenvalue weighted by Gasteiger charge is -2.17. The first-order valence-corrected chi connectivity index (χ1v) is 8.87. The fraction of sp³-hybridized carbons (Fsp3) is 0.250. The van der Waals surface area contributed by atoms with Gasteiger partial charge in [0.2, 0.25) is 11.8 Å². The molecule has 31 heavy (non-hydrogen) atoms. The number of carbonyl (C=O) groups is 2. The van der Waals surface area contributed by atoms with E-state index in [1.54, 1.807) is 6.07 Å². The smallest absolute Gasteiger partial charge is 0.422 e. The van der Waals surface area contributed by atoms with Crippen molar-refractivity contribution in [3.05, 3.63) is 53.6 Å². The maximum Gasteiger partial charge on any atom is 0.422 e. The molecule has 1 aliphatic heterocycles. The first-order chi connectivity index (χ1) is 14.6. The molecule has 162 valence electrons. The van der Waals surface area contributed by atoms with Gasteiger partial charge in [-0.1, -0.05) is 0 Å². The molecule has 1 saturated heterocycles. The number of anilines is 2. The number of nitrogens with zero attached hydrogens (tertiary/aromatic N) is 2. The summed E-state index contributed by atoms with van der Waals surface area (Å²) in [5, 5.41) is 11.6. The van der Waals surface area contributed by atoms with Crippen molar-refractivity contribution >= 4 is 23.2 Å². The molecule has 1 N–H and O–H groups in total. The van der Waals surface area contributed by atoms with Gasteiger partial charge in [0.1, 0.15) is 23.5 Å². The fourth-order valence-corrected chi connectivity index (χ4v) is 3.05. The maximum atomic E-state index is 13.4. The normalized spacial score (nSPS) is 16.2. The molecule has 0 aliphatic carbocycles. The summed E-state index contributed by atoms with van der Waals surface area (Å²) >= 11 is 0. The maximum absolute atomic E-state index is 13.4. The number of amides is 2. The van der Waals surface area contributed by atoms with Crippen molar-refractivity contribution in [3.8, 4) is 11.8 Å². The van der Waals surface area contributed by atoms with Gasteiger partial charge in [-0.15, -0.1) is 0 Å². The van der Waals surface area contributed by atoms with Crippen LogP contribution in [0.5, 0.6) is 5.75 Å². The molecule has 11 heteroatoms. The van der Waals surface area contributed by atoms with Gasteiger partial charge >= 0.3 is 6.18 Å². The Morgan fingerprint density at radius 2 is 1.87 bits per heavy atom. The van der Waals surface area contributed by atoms with Crippen LogP contribution in [0.15, 0.2) is 36.4 Å². The van der Waals surface area contributed by atoms with Crippen molar-refractivity contribution in [2.24, 2.45) is 5.92 Å². The number of hydrogen-bond acceptors (Lipinski definition) is 4. The Hall–Kier alpha value is -3.68. The Morgan fingerprint density at radius 3 is 2.48 bits per heavy atom. The minimum absolute atomic E-state index is 0.0178. The average molecular weight is 439 g/mol. The fourth-order valence-electron chi connectivity index (χ4n) is 3.05. The summed E-state index contributed by atoms with van der Waals surface area (Å²) in [5.74, 6) is -3.97. The first kappa shape index (κ1) is 22.0. The second kappa shape index (κ2) is 8.59. The number of nitriles is 1. The molecule has 2 aromatic rings. The molecule has 1 atom stereocenters. The zero-order chi connectivity index (χ0) is 22.8. The van der Waals surface area contributed by atoms with E-state index >= 15 is 0 Å². The Kier molecular flexibility index (Phi) is 6.10. The highest BCUT2D eigenvalue weighted by Gasteiger charge is 2.35. The number of carbonyl (C=O) groups excluding carboxylic acids is 2. The predicted octanol–water partition coefficient (Wildman–Crippen LogP) is 3.77. The van der Waals surface area contributed by atoms with E-state index in [1.807, 2.05) is 0 Å². The van der Waals surface area contributed by atoms with Gasteiger partial charge < -0.3 is 15.0 Å². The molecule has 2 aromatic carbocycles. The molecule has 0 aromatic heterocycles. The van der Waals surface area contributed by atoms with Crippen LogP contribution in [-0.2, 0) is 9.59 Å². The van der Waals surface area contributed by atoms with Crippen LogP contribution in [0.4, 0.5) is 33.3 Å². The molecule has 1 heterocycles. The highest BCUT2D eigenvalue weighted by Crippen LogP contribution is 2.29. The van der Waals surface area contributed by atoms with E-state index in [2.05, 4.69) is 10.1 Å². The minimum atomic E-state index is -4.58. The van der Waals surface area contributed by atoms with Gasteiger partial charge in [-0.05, 0) is 30.3 Å². The van der Waals surface area contributed by atoms with Crippen LogP contribution in [0.1, 0.15) is 12.0 Å². The van der Waals surface area contributed by atoms with Crippen LogP contribution in [0.3, 0.4) is 0 Å². The Bertz CT molecular complexity index is 1040. The van der Waals surface area contributed by atoms with Gasteiger partial charge in [0.25, 0.3) is 0 Å². The summed E-state index contributed by atoms with van der Waals surface area (Å²) in [6.45, 7) is -1.69. The van der Waals surface area contributed by atoms with Crippen LogP contribution in [-0.4, -0.2) is 31.1 Å². The third-order valence-corrected chi connectivity index (χ3v) is 4.41. The molecular weight excluding hydrogens is 425 g/mol. The summed E-state index contributed by atoms with van der Waals surface area (Å²) < 4.78 is 68.3. The second-order valence-corrected chi connectivity index (χ2v) is 6.75. The van der Waals surface area contributed by atoms with Crippen molar-refractivity contribution in [1.82, 2.24) is 0 Å². The monoisotopic (exact) mass is 439 g/mol. The molecule has 1 unspecified atom stereocenters. The third kappa shape index (κ3) is 5.48. The van der Waals surface area contributed by atoms with E-state index in [9.17, 15) is 31.5 Å². The second-order valence-electron chi connectivity index (χ2n) is 6.75. The largest absolute Gasteiger partial charge is 0.483 e. The summed E-state index contributed by atoms with van der Waals surface area (Å²) in [6.07, 6.45) is -4.78. The zero-order valence-electron chi connectivity index (χ0n) is 15.7. The van der Waals surface area contributed by atoms with Gasteiger partial charge in [0.15, 0.2) is 6.61 Å². The molecule has 6 nitrogen and oxygen atoms in total. The van der Waals surface area contributed by atoms with E-state index in [4.69, 9.17) is 5.26 Å². The summed E-state index contributed by atoms with van der Waals surface area (Å²) in [4.78, 5) is 25.8. The highest BCUT2D eigenvalue weighted by molar-refractivity contribution is 6.03. The Morgan fingerprint density at radius 1 is 1.19 bits per heavy atom. The van der Waals surface area contributed by atoms with Gasteiger partial charge in [-0.2, -0.15) is 18.4 Å². The molecule has 0 radical (unpaired) electrons. The summed E-state index contributed by atoms with van der Waals surface area (Å²) in [6, 6.07) is 7.79. The van der Waals surface area contributed by atoms with Gasteiger partial charge in [-0.3, -0.25) is 9.59 Å². The number of halogens is 5. The molecule has 3 rings (SSSR count). The van der Waals surface area contributed by atoms with Gasteiger partial charge in [0, 0.05) is 30.4 Å². The van der Waals surface area contributed by atoms with Crippen molar-refractivity contribution < 1.29 is 36.3 Å². The molecular formula is C20H14F5N3O3. The quantitative estimate of drug-likeness (QED) is 0.720. The molecule has 1 aliphatic rings. The van der Waals surface area contributed by atoms with Crippen LogP contribution < -0.4 is 15.0 Å². The Balaban J connectivity index is 1.69. The number of rotatable bonds is 5. The minimum Gasteiger partial charge on any atom is -0.483 e. The van der Waals surface area contributed by atoms with Crippen molar-refractivity contribution in [3.63, 3.8) is 0 Å². The summed E-state index contributed by atoms with van der Waals surface area (Å²) in [5.41, 5.74) is -0.124. The van der Waals surface area contributed by atoms with Crippen molar-refractivity contribution in [2.75, 3.05) is 23.4 Å². The van der Waals surface area contributed by atoms with E-state index in [-0.39, 0.29) is 35.7 Å². The van der Waals surface area contributed by atoms with Gasteiger partial charge in [0.05, 0.1) is 11.5 Å². The Labute approximate surface area is 172 Å². The van der Waals surface area contributed by atoms with E-state index in [0.29, 0.717) is 6.07 Å². The summed E-state index contributed by atoms with van der Waals surface area (Å²) in [7, 11) is 0. The number of benzene rings is 2. The third-order valence-electron chi connectivity index (χ3n) is 4.41. The number of ether oxygens (including phenoxy) is 1. The lowest BCUT2D eigenvalue weighted by Crippen LogP contribution is -2.28. The topological polar surface area (TPSA) is 82.4 Å². The standard InChI is InChI=1S/C20H14F5N3O3/c21-13-5-14(22)7-16(6-13)28-9-12(4-18(28)29)19(30)27-15-1-2-17(11(3-15)8-26)31-10-20(23,24)25/h1-3,5-7,12H,4,9-10H2,(H,27,30). The van der Waals surface area contributed by atoms with E-state index in [1.165, 1.54) is 6.07 Å². The van der Waals surface area contributed by atoms with E-state index in [0.717, 1.165) is 29.2 Å². The lowest BCUT2D eigenvalue weighted by molar-refractivity contribution is -0.153. The van der Waals surface area contributed by atoms with Gasteiger partial charge in [-0.25, -0.2) is 8.78 Å². The molecule has 0 spiro atoms. The van der Waals surface area contributed by atoms with Crippen LogP contribution in [0.2, 0.25) is 0 Å². The van der Waals surface area contributed by atoms with E-state index < -0.39 is 42.1 Å². The number of nitrogens with one attached hydrogen (secondary N) is 1. The van der Waals surface area contributed by atoms with Crippen molar-refractivity contribution in [2.45, 2.75) is 12.6 Å². The number of alkyl halides is 3. The van der Waals surface area contributed by atoms with Crippen molar-refractivity contribution in [1.29, 1.82) is 5.26 Å². The van der Waals surface area contributed by atoms with Crippen LogP contribution >= 0.6 is 0 Å². The zero-order valence-corrected chi connectivity index (χ0v) is 15.7. The lowest BCUT2D eigenvalue weighted by atomic mass is 10.1.